The number of nitrogens with one attached hydrogen (secondary N) is 1. The quantitative estimate of drug-likeness (QED) is 0.317. The van der Waals surface area contributed by atoms with Crippen LogP contribution < -0.4 is 10.2 Å². The van der Waals surface area contributed by atoms with Gasteiger partial charge in [0.1, 0.15) is 0 Å². The smallest absolute Gasteiger partial charge is 0.252 e. The van der Waals surface area contributed by atoms with Gasteiger partial charge in [-0.25, -0.2) is 0 Å². The van der Waals surface area contributed by atoms with Gasteiger partial charge in [-0.05, 0) is 49.2 Å². The zero-order valence-corrected chi connectivity index (χ0v) is 22.7. The predicted octanol–water partition coefficient (Wildman–Crippen LogP) is 6.39. The zero-order valence-electron chi connectivity index (χ0n) is 21.1. The normalized spacial score (nSPS) is 15.2. The van der Waals surface area contributed by atoms with Crippen molar-refractivity contribution in [2.45, 2.75) is 32.9 Å². The van der Waals surface area contributed by atoms with Crippen LogP contribution in [0.3, 0.4) is 0 Å². The van der Waals surface area contributed by atoms with Crippen molar-refractivity contribution in [1.29, 1.82) is 0 Å². The molecule has 1 fully saturated rings. The van der Waals surface area contributed by atoms with Gasteiger partial charge in [0, 0.05) is 71.3 Å². The molecule has 0 aliphatic carbocycles. The van der Waals surface area contributed by atoms with E-state index < -0.39 is 0 Å². The second-order valence-electron chi connectivity index (χ2n) is 9.49. The van der Waals surface area contributed by atoms with Gasteiger partial charge in [-0.15, -0.1) is 12.4 Å². The highest BCUT2D eigenvalue weighted by atomic mass is 35.5. The molecule has 1 aliphatic heterocycles. The Kier molecular flexibility index (Phi) is 8.13. The molecule has 4 aromatic rings. The first-order valence-corrected chi connectivity index (χ1v) is 12.9. The van der Waals surface area contributed by atoms with Crippen LogP contribution in [-0.4, -0.2) is 47.7 Å². The Morgan fingerprint density at radius 2 is 1.69 bits per heavy atom. The number of nitrogens with zero attached hydrogens (tertiary/aromatic N) is 3. The molecule has 5 rings (SSSR count). The molecule has 5 nitrogen and oxygen atoms in total. The van der Waals surface area contributed by atoms with Crippen molar-refractivity contribution in [1.82, 2.24) is 14.8 Å². The van der Waals surface area contributed by atoms with Gasteiger partial charge in [0.25, 0.3) is 5.91 Å². The number of aromatic nitrogens is 1. The van der Waals surface area contributed by atoms with Crippen LogP contribution in [0, 0.1) is 6.92 Å². The van der Waals surface area contributed by atoms with Crippen LogP contribution in [0.15, 0.2) is 60.7 Å². The summed E-state index contributed by atoms with van der Waals surface area (Å²) < 4.78 is 2.17. The Balaban J connectivity index is 0.00000304. The van der Waals surface area contributed by atoms with E-state index in [1.807, 2.05) is 24.3 Å². The van der Waals surface area contributed by atoms with Crippen LogP contribution in [0.1, 0.15) is 35.7 Å². The Morgan fingerprint density at radius 3 is 2.44 bits per heavy atom. The molecule has 1 amide bonds. The lowest BCUT2D eigenvalue weighted by Gasteiger charge is -2.41. The van der Waals surface area contributed by atoms with E-state index in [0.29, 0.717) is 5.56 Å². The number of piperazine rings is 1. The number of anilines is 1. The van der Waals surface area contributed by atoms with E-state index in [4.69, 9.17) is 11.6 Å². The molecule has 1 aliphatic rings. The number of benzene rings is 3. The van der Waals surface area contributed by atoms with Crippen LogP contribution in [0.25, 0.3) is 21.8 Å². The Bertz CT molecular complexity index is 1370. The minimum absolute atomic E-state index is 0. The summed E-state index contributed by atoms with van der Waals surface area (Å²) in [6.07, 6.45) is 1.97. The van der Waals surface area contributed by atoms with Gasteiger partial charge in [0.2, 0.25) is 0 Å². The van der Waals surface area contributed by atoms with Crippen LogP contribution in [0.2, 0.25) is 5.02 Å². The van der Waals surface area contributed by atoms with Crippen molar-refractivity contribution < 1.29 is 4.79 Å². The highest BCUT2D eigenvalue weighted by Crippen LogP contribution is 2.29. The van der Waals surface area contributed by atoms with Crippen molar-refractivity contribution in [2.75, 3.05) is 31.1 Å². The predicted molar refractivity (Wildman–Crippen MR) is 154 cm³/mol. The maximum absolute atomic E-state index is 13.3. The fourth-order valence-electron chi connectivity index (χ4n) is 5.37. The number of halogens is 2. The third-order valence-electron chi connectivity index (χ3n) is 7.37. The van der Waals surface area contributed by atoms with E-state index in [2.05, 4.69) is 77.0 Å². The van der Waals surface area contributed by atoms with Crippen molar-refractivity contribution >= 4 is 57.4 Å². The largest absolute Gasteiger partial charge is 0.369 e. The first-order valence-electron chi connectivity index (χ1n) is 12.5. The number of para-hydroxylation sites is 1. The number of carbonyl (C=O) groups excluding carboxylic acids is 1. The van der Waals surface area contributed by atoms with Crippen LogP contribution >= 0.6 is 24.0 Å². The fraction of sp³-hybridized carbons (Fsp3) is 0.345. The number of amides is 1. The highest BCUT2D eigenvalue weighted by Gasteiger charge is 2.26. The second-order valence-corrected chi connectivity index (χ2v) is 9.90. The number of hydrogen-bond acceptors (Lipinski definition) is 3. The SMILES string of the molecule is CCCC(NC(=O)c1ccc2c3ccccc3n(C)c2c1)N1CCN(c2cccc(Cl)c2C)CC1.Cl. The Hall–Kier alpha value is -2.73. The standard InChI is InChI=1S/C29H33ClN4O.ClH/c1-4-8-28(34-17-15-33(16-18-34)25-12-7-10-24(30)20(25)2)31-29(35)21-13-14-23-22-9-5-6-11-26(22)32(3)27(23)19-21;/h5-7,9-14,19,28H,4,8,15-18H2,1-3H3,(H,31,35);1H. The molecule has 0 spiro atoms. The van der Waals surface area contributed by atoms with Gasteiger partial charge in [-0.1, -0.05) is 55.3 Å². The third-order valence-corrected chi connectivity index (χ3v) is 7.78. The lowest BCUT2D eigenvalue weighted by atomic mass is 10.1. The average Bonchev–Trinajstić information content (AvgIpc) is 3.17. The Morgan fingerprint density at radius 1 is 0.972 bits per heavy atom. The lowest BCUT2D eigenvalue weighted by molar-refractivity contribution is 0.0824. The molecule has 1 saturated heterocycles. The van der Waals surface area contributed by atoms with Crippen molar-refractivity contribution in [3.63, 3.8) is 0 Å². The molecule has 36 heavy (non-hydrogen) atoms. The van der Waals surface area contributed by atoms with Crippen molar-refractivity contribution in [3.8, 4) is 0 Å². The van der Waals surface area contributed by atoms with E-state index >= 15 is 0 Å². The van der Waals surface area contributed by atoms with Crippen LogP contribution in [0.4, 0.5) is 5.69 Å². The average molecular weight is 526 g/mol. The lowest BCUT2D eigenvalue weighted by Crippen LogP contribution is -2.56. The summed E-state index contributed by atoms with van der Waals surface area (Å²) in [6.45, 7) is 7.89. The molecule has 1 atom stereocenters. The molecule has 190 valence electrons. The van der Waals surface area contributed by atoms with Gasteiger partial charge in [-0.3, -0.25) is 9.69 Å². The second kappa shape index (κ2) is 11.1. The van der Waals surface area contributed by atoms with Crippen molar-refractivity contribution in [2.24, 2.45) is 7.05 Å². The first-order chi connectivity index (χ1) is 17.0. The van der Waals surface area contributed by atoms with Gasteiger partial charge < -0.3 is 14.8 Å². The van der Waals surface area contributed by atoms with E-state index in [0.717, 1.165) is 55.1 Å². The summed E-state index contributed by atoms with van der Waals surface area (Å²) in [5.74, 6) is -0.0104. The van der Waals surface area contributed by atoms with E-state index in [1.54, 1.807) is 0 Å². The number of carbonyl (C=O) groups is 1. The monoisotopic (exact) mass is 524 g/mol. The zero-order chi connectivity index (χ0) is 24.5. The van der Waals surface area contributed by atoms with Crippen LogP contribution in [0.5, 0.6) is 0 Å². The number of aryl methyl sites for hydroxylation is 1. The number of rotatable bonds is 6. The Labute approximate surface area is 224 Å². The molecule has 1 unspecified atom stereocenters. The van der Waals surface area contributed by atoms with Crippen molar-refractivity contribution in [3.05, 3.63) is 76.8 Å². The van der Waals surface area contributed by atoms with Gasteiger partial charge in [0.05, 0.1) is 6.17 Å². The highest BCUT2D eigenvalue weighted by molar-refractivity contribution is 6.31. The van der Waals surface area contributed by atoms with Gasteiger partial charge >= 0.3 is 0 Å². The summed E-state index contributed by atoms with van der Waals surface area (Å²) in [4.78, 5) is 18.1. The topological polar surface area (TPSA) is 40.5 Å². The minimum atomic E-state index is -0.0104. The number of fused-ring (bicyclic) bond motifs is 3. The van der Waals surface area contributed by atoms with E-state index in [-0.39, 0.29) is 24.5 Å². The molecular weight excluding hydrogens is 491 g/mol. The molecule has 1 aromatic heterocycles. The molecule has 2 heterocycles. The summed E-state index contributed by atoms with van der Waals surface area (Å²) in [6, 6.07) is 20.5. The summed E-state index contributed by atoms with van der Waals surface area (Å²) in [5.41, 5.74) is 5.30. The maximum Gasteiger partial charge on any atom is 0.252 e. The fourth-order valence-corrected chi connectivity index (χ4v) is 5.54. The van der Waals surface area contributed by atoms with E-state index in [1.165, 1.54) is 22.0 Å². The van der Waals surface area contributed by atoms with E-state index in [9.17, 15) is 4.79 Å². The summed E-state index contributed by atoms with van der Waals surface area (Å²) in [7, 11) is 2.06. The summed E-state index contributed by atoms with van der Waals surface area (Å²) in [5, 5.41) is 6.54. The number of hydrogen-bond donors (Lipinski definition) is 1. The molecule has 7 heteroatoms. The molecule has 3 aromatic carbocycles. The molecule has 0 saturated carbocycles. The molecular formula is C29H34Cl2N4O. The third kappa shape index (κ3) is 4.93. The summed E-state index contributed by atoms with van der Waals surface area (Å²) >= 11 is 6.35. The minimum Gasteiger partial charge on any atom is -0.369 e. The molecule has 1 N–H and O–H groups in total. The van der Waals surface area contributed by atoms with Gasteiger partial charge in [-0.2, -0.15) is 0 Å². The maximum atomic E-state index is 13.3. The van der Waals surface area contributed by atoms with Gasteiger partial charge in [0.15, 0.2) is 0 Å². The molecule has 0 radical (unpaired) electrons. The molecule has 0 bridgehead atoms. The first kappa shape index (κ1) is 26.3. The van der Waals surface area contributed by atoms with Crippen LogP contribution in [-0.2, 0) is 7.05 Å².